The molecule has 0 bridgehead atoms. The van der Waals surface area contributed by atoms with Gasteiger partial charge in [-0.15, -0.1) is 0 Å². The van der Waals surface area contributed by atoms with E-state index in [0.29, 0.717) is 25.2 Å². The van der Waals surface area contributed by atoms with Crippen LogP contribution in [0.3, 0.4) is 0 Å². The van der Waals surface area contributed by atoms with Gasteiger partial charge in [-0.1, -0.05) is 0 Å². The van der Waals surface area contributed by atoms with Crippen molar-refractivity contribution in [2.24, 2.45) is 11.8 Å². The summed E-state index contributed by atoms with van der Waals surface area (Å²) in [6, 6.07) is 3.72. The molecular formula is C17H24N4O2S. The second-order valence-corrected chi connectivity index (χ2v) is 7.63. The maximum atomic E-state index is 12.7. The van der Waals surface area contributed by atoms with Gasteiger partial charge < -0.3 is 15.5 Å². The Morgan fingerprint density at radius 2 is 2.00 bits per heavy atom. The standard InChI is InChI=1S/C17H24N4O2S/c1-12-2-3-15(11-19-12)20-16(22)13-8-14(10-18-9-13)17(23)21-4-6-24-7-5-21/h2-3,11,13-14,18H,4-10H2,1H3,(H,20,22). The van der Waals surface area contributed by atoms with Gasteiger partial charge in [0, 0.05) is 43.4 Å². The first kappa shape index (κ1) is 17.2. The van der Waals surface area contributed by atoms with E-state index in [1.165, 1.54) is 0 Å². The zero-order valence-electron chi connectivity index (χ0n) is 14.0. The molecule has 1 aromatic heterocycles. The molecule has 0 radical (unpaired) electrons. The summed E-state index contributed by atoms with van der Waals surface area (Å²) in [5.74, 6) is 1.88. The van der Waals surface area contributed by atoms with Crippen molar-refractivity contribution in [3.8, 4) is 0 Å². The SMILES string of the molecule is Cc1ccc(NC(=O)C2CNCC(C(=O)N3CCSCC3)C2)cn1. The number of nitrogens with one attached hydrogen (secondary N) is 2. The molecule has 2 aliphatic rings. The minimum Gasteiger partial charge on any atom is -0.341 e. The van der Waals surface area contributed by atoms with E-state index in [4.69, 9.17) is 0 Å². The average Bonchev–Trinajstić information content (AvgIpc) is 2.64. The van der Waals surface area contributed by atoms with Crippen molar-refractivity contribution < 1.29 is 9.59 Å². The van der Waals surface area contributed by atoms with E-state index in [1.54, 1.807) is 6.20 Å². The highest BCUT2D eigenvalue weighted by Crippen LogP contribution is 2.22. The molecule has 2 aliphatic heterocycles. The number of pyridine rings is 1. The fourth-order valence-corrected chi connectivity index (χ4v) is 4.06. The zero-order valence-corrected chi connectivity index (χ0v) is 14.8. The summed E-state index contributed by atoms with van der Waals surface area (Å²) in [7, 11) is 0. The van der Waals surface area contributed by atoms with Crippen LogP contribution >= 0.6 is 11.8 Å². The first-order valence-corrected chi connectivity index (χ1v) is 9.59. The summed E-state index contributed by atoms with van der Waals surface area (Å²) in [4.78, 5) is 31.3. The van der Waals surface area contributed by atoms with Crippen LogP contribution in [0.15, 0.2) is 18.3 Å². The topological polar surface area (TPSA) is 74.3 Å². The molecule has 6 nitrogen and oxygen atoms in total. The lowest BCUT2D eigenvalue weighted by Gasteiger charge is -2.34. The van der Waals surface area contributed by atoms with Crippen molar-refractivity contribution in [2.75, 3.05) is 43.0 Å². The highest BCUT2D eigenvalue weighted by molar-refractivity contribution is 7.99. The Morgan fingerprint density at radius 1 is 1.25 bits per heavy atom. The average molecular weight is 348 g/mol. The summed E-state index contributed by atoms with van der Waals surface area (Å²) in [5.41, 5.74) is 1.62. The molecule has 2 N–H and O–H groups in total. The lowest BCUT2D eigenvalue weighted by Crippen LogP contribution is -2.49. The fourth-order valence-electron chi connectivity index (χ4n) is 3.16. The van der Waals surface area contributed by atoms with Crippen molar-refractivity contribution in [1.29, 1.82) is 0 Å². The van der Waals surface area contributed by atoms with Crippen LogP contribution in [0.1, 0.15) is 12.1 Å². The van der Waals surface area contributed by atoms with Crippen LogP contribution in [0.5, 0.6) is 0 Å². The number of nitrogens with zero attached hydrogens (tertiary/aromatic N) is 2. The van der Waals surface area contributed by atoms with Crippen molar-refractivity contribution in [1.82, 2.24) is 15.2 Å². The van der Waals surface area contributed by atoms with Crippen molar-refractivity contribution in [3.05, 3.63) is 24.0 Å². The molecule has 2 unspecified atom stereocenters. The first-order chi connectivity index (χ1) is 11.6. The normalized spacial score (nSPS) is 24.5. The van der Waals surface area contributed by atoms with Gasteiger partial charge in [0.05, 0.1) is 23.7 Å². The number of carbonyl (C=O) groups is 2. The number of amides is 2. The molecule has 3 rings (SSSR count). The second kappa shape index (κ2) is 7.98. The maximum absolute atomic E-state index is 12.7. The number of rotatable bonds is 3. The minimum atomic E-state index is -0.187. The number of piperidine rings is 1. The molecule has 0 aliphatic carbocycles. The van der Waals surface area contributed by atoms with Gasteiger partial charge in [-0.05, 0) is 25.5 Å². The smallest absolute Gasteiger partial charge is 0.228 e. The molecule has 2 amide bonds. The van der Waals surface area contributed by atoms with Crippen LogP contribution in [-0.4, -0.2) is 59.4 Å². The molecule has 130 valence electrons. The van der Waals surface area contributed by atoms with Crippen LogP contribution in [0.25, 0.3) is 0 Å². The third kappa shape index (κ3) is 4.27. The van der Waals surface area contributed by atoms with Gasteiger partial charge in [-0.25, -0.2) is 0 Å². The lowest BCUT2D eigenvalue weighted by molar-refractivity contribution is -0.136. The Labute approximate surface area is 146 Å². The number of thioether (sulfide) groups is 1. The van der Waals surface area contributed by atoms with E-state index in [0.717, 1.165) is 30.3 Å². The summed E-state index contributed by atoms with van der Waals surface area (Å²) >= 11 is 1.89. The van der Waals surface area contributed by atoms with Crippen LogP contribution < -0.4 is 10.6 Å². The zero-order chi connectivity index (χ0) is 16.9. The van der Waals surface area contributed by atoms with Gasteiger partial charge in [-0.2, -0.15) is 11.8 Å². The van der Waals surface area contributed by atoms with E-state index in [9.17, 15) is 9.59 Å². The molecule has 1 aromatic rings. The molecule has 7 heteroatoms. The third-order valence-corrected chi connectivity index (χ3v) is 5.51. The predicted molar refractivity (Wildman–Crippen MR) is 96.0 cm³/mol. The predicted octanol–water partition coefficient (Wildman–Crippen LogP) is 1.13. The molecule has 2 atom stereocenters. The van der Waals surface area contributed by atoms with Gasteiger partial charge in [0.1, 0.15) is 0 Å². The van der Waals surface area contributed by atoms with Crippen molar-refractivity contribution in [2.45, 2.75) is 13.3 Å². The quantitative estimate of drug-likeness (QED) is 0.857. The Hall–Kier alpha value is -1.60. The van der Waals surface area contributed by atoms with Crippen LogP contribution in [0, 0.1) is 18.8 Å². The number of aryl methyl sites for hydroxylation is 1. The molecule has 3 heterocycles. The van der Waals surface area contributed by atoms with Crippen molar-refractivity contribution >= 4 is 29.3 Å². The van der Waals surface area contributed by atoms with Crippen molar-refractivity contribution in [3.63, 3.8) is 0 Å². The van der Waals surface area contributed by atoms with E-state index in [2.05, 4.69) is 15.6 Å². The number of carbonyl (C=O) groups excluding carboxylic acids is 2. The van der Waals surface area contributed by atoms with Crippen LogP contribution in [0.4, 0.5) is 5.69 Å². The van der Waals surface area contributed by atoms with Gasteiger partial charge in [-0.3, -0.25) is 14.6 Å². The Kier molecular flexibility index (Phi) is 5.73. The Balaban J connectivity index is 1.57. The van der Waals surface area contributed by atoms with Gasteiger partial charge in [0.2, 0.25) is 11.8 Å². The molecule has 2 fully saturated rings. The molecule has 0 saturated carbocycles. The number of anilines is 1. The molecule has 0 aromatic carbocycles. The van der Waals surface area contributed by atoms with E-state index in [-0.39, 0.29) is 23.7 Å². The summed E-state index contributed by atoms with van der Waals surface area (Å²) in [5, 5.41) is 6.16. The number of hydrogen-bond acceptors (Lipinski definition) is 5. The highest BCUT2D eigenvalue weighted by atomic mass is 32.2. The fraction of sp³-hybridized carbons (Fsp3) is 0.588. The summed E-state index contributed by atoms with van der Waals surface area (Å²) < 4.78 is 0. The van der Waals surface area contributed by atoms with Crippen LogP contribution in [0.2, 0.25) is 0 Å². The summed E-state index contributed by atoms with van der Waals surface area (Å²) in [6.07, 6.45) is 2.28. The highest BCUT2D eigenvalue weighted by Gasteiger charge is 2.33. The lowest BCUT2D eigenvalue weighted by atomic mass is 9.88. The molecule has 0 spiro atoms. The molecule has 2 saturated heterocycles. The Morgan fingerprint density at radius 3 is 2.71 bits per heavy atom. The van der Waals surface area contributed by atoms with Crippen LogP contribution in [-0.2, 0) is 9.59 Å². The third-order valence-electron chi connectivity index (χ3n) is 4.57. The van der Waals surface area contributed by atoms with E-state index in [1.807, 2.05) is 35.7 Å². The van der Waals surface area contributed by atoms with Gasteiger partial charge in [0.15, 0.2) is 0 Å². The molecule has 24 heavy (non-hydrogen) atoms. The van der Waals surface area contributed by atoms with Gasteiger partial charge >= 0.3 is 0 Å². The molecular weight excluding hydrogens is 324 g/mol. The largest absolute Gasteiger partial charge is 0.341 e. The number of aromatic nitrogens is 1. The monoisotopic (exact) mass is 348 g/mol. The first-order valence-electron chi connectivity index (χ1n) is 8.44. The van der Waals surface area contributed by atoms with Gasteiger partial charge in [0.25, 0.3) is 0 Å². The van der Waals surface area contributed by atoms with E-state index < -0.39 is 0 Å². The van der Waals surface area contributed by atoms with E-state index >= 15 is 0 Å². The Bertz CT molecular complexity index is 587. The second-order valence-electron chi connectivity index (χ2n) is 6.40. The number of hydrogen-bond donors (Lipinski definition) is 2. The maximum Gasteiger partial charge on any atom is 0.228 e. The summed E-state index contributed by atoms with van der Waals surface area (Å²) in [6.45, 7) is 4.84. The minimum absolute atomic E-state index is 0.0418.